The molecule has 0 bridgehead atoms. The van der Waals surface area contributed by atoms with Gasteiger partial charge in [0.15, 0.2) is 17.2 Å². The van der Waals surface area contributed by atoms with Crippen molar-refractivity contribution < 1.29 is 28.6 Å². The average Bonchev–Trinajstić information content (AvgIpc) is 2.73. The molecule has 0 aliphatic rings. The molecule has 1 aromatic carbocycles. The van der Waals surface area contributed by atoms with E-state index >= 15 is 0 Å². The summed E-state index contributed by atoms with van der Waals surface area (Å²) < 4.78 is 15.9. The zero-order valence-corrected chi connectivity index (χ0v) is 18.8. The number of Topliss-reactive ketones (excluding diaryl/α,β-unsaturated/α-hetero) is 1. The van der Waals surface area contributed by atoms with Crippen molar-refractivity contribution in [3.8, 4) is 11.5 Å². The number of hydrogen-bond donors (Lipinski definition) is 0. The number of aromatic nitrogens is 1. The maximum Gasteiger partial charge on any atom is 0.309 e. The number of aryl methyl sites for hydroxylation is 1. The normalized spacial score (nSPS) is 13.6. The molecular weight excluding hydrogens is 398 g/mol. The average molecular weight is 427 g/mol. The Morgan fingerprint density at radius 2 is 1.74 bits per heavy atom. The van der Waals surface area contributed by atoms with E-state index in [9.17, 15) is 14.4 Å². The molecule has 0 unspecified atom stereocenters. The van der Waals surface area contributed by atoms with E-state index in [1.807, 2.05) is 45.0 Å². The molecule has 0 N–H and O–H groups in total. The van der Waals surface area contributed by atoms with Gasteiger partial charge in [-0.05, 0) is 25.0 Å². The van der Waals surface area contributed by atoms with Crippen LogP contribution in [0, 0.1) is 12.8 Å². The first-order valence-corrected chi connectivity index (χ1v) is 10.2. The summed E-state index contributed by atoms with van der Waals surface area (Å²) in [6, 6.07) is 9.44. The lowest BCUT2D eigenvalue weighted by Gasteiger charge is -2.23. The molecule has 1 aromatic heterocycles. The molecule has 2 rings (SSSR count). The topological polar surface area (TPSA) is 91.8 Å². The minimum absolute atomic E-state index is 0.00340. The van der Waals surface area contributed by atoms with Crippen LogP contribution in [-0.2, 0) is 14.3 Å². The summed E-state index contributed by atoms with van der Waals surface area (Å²) in [5.41, 5.74) is 2.18. The van der Waals surface area contributed by atoms with Crippen molar-refractivity contribution in [2.45, 2.75) is 53.1 Å². The van der Waals surface area contributed by atoms with Crippen molar-refractivity contribution >= 4 is 17.7 Å². The first kappa shape index (κ1) is 24.1. The summed E-state index contributed by atoms with van der Waals surface area (Å²) in [6.07, 6.45) is 0.880. The first-order chi connectivity index (χ1) is 14.6. The van der Waals surface area contributed by atoms with Gasteiger partial charge in [0, 0.05) is 31.5 Å². The van der Waals surface area contributed by atoms with Gasteiger partial charge in [0.1, 0.15) is 6.10 Å². The molecule has 0 radical (unpaired) electrons. The quantitative estimate of drug-likeness (QED) is 0.436. The van der Waals surface area contributed by atoms with Crippen LogP contribution in [0.4, 0.5) is 0 Å². The predicted octanol–water partition coefficient (Wildman–Crippen LogP) is 4.27. The predicted molar refractivity (Wildman–Crippen MR) is 115 cm³/mol. The summed E-state index contributed by atoms with van der Waals surface area (Å²) in [5.74, 6) is -2.06. The fourth-order valence-electron chi connectivity index (χ4n) is 3.24. The highest BCUT2D eigenvalue weighted by Crippen LogP contribution is 2.31. The van der Waals surface area contributed by atoms with Gasteiger partial charge >= 0.3 is 11.9 Å². The number of ether oxygens (including phenoxy) is 3. The van der Waals surface area contributed by atoms with Crippen LogP contribution in [0.2, 0.25) is 0 Å². The van der Waals surface area contributed by atoms with Crippen molar-refractivity contribution in [3.63, 3.8) is 0 Å². The van der Waals surface area contributed by atoms with Crippen molar-refractivity contribution in [1.82, 2.24) is 4.98 Å². The summed E-state index contributed by atoms with van der Waals surface area (Å²) in [5, 5.41) is 0. The monoisotopic (exact) mass is 427 g/mol. The lowest BCUT2D eigenvalue weighted by atomic mass is 9.92. The highest BCUT2D eigenvalue weighted by atomic mass is 16.6. The van der Waals surface area contributed by atoms with Crippen LogP contribution in [0.15, 0.2) is 36.5 Å². The van der Waals surface area contributed by atoms with Crippen LogP contribution in [0.5, 0.6) is 11.5 Å². The molecule has 1 heterocycles. The van der Waals surface area contributed by atoms with Crippen molar-refractivity contribution in [1.29, 1.82) is 0 Å². The Hall–Kier alpha value is -3.22. The number of ketones is 1. The second-order valence-corrected chi connectivity index (χ2v) is 7.60. The number of carbonyl (C=O) groups excluding carboxylic acids is 3. The Bertz CT molecular complexity index is 955. The Morgan fingerprint density at radius 1 is 1.06 bits per heavy atom. The molecular formula is C24H29NO6. The Kier molecular flexibility index (Phi) is 8.30. The molecule has 0 spiro atoms. The first-order valence-electron chi connectivity index (χ1n) is 10.2. The number of nitrogens with zero attached hydrogens (tertiary/aromatic N) is 1. The molecule has 31 heavy (non-hydrogen) atoms. The summed E-state index contributed by atoms with van der Waals surface area (Å²) in [7, 11) is 1.40. The number of esters is 2. The van der Waals surface area contributed by atoms with Crippen molar-refractivity contribution in [3.05, 3.63) is 53.3 Å². The Labute approximate surface area is 182 Å². The van der Waals surface area contributed by atoms with E-state index in [4.69, 9.17) is 14.2 Å². The van der Waals surface area contributed by atoms with Gasteiger partial charge in [0.2, 0.25) is 5.75 Å². The van der Waals surface area contributed by atoms with Crippen LogP contribution < -0.4 is 9.47 Å². The SMILES string of the molecule is COc1ccnc(C(=O)C[C@@H](C)C(=O)O[C@H](C)[C@H](C)c2ccccc2C)c1OC(C)=O. The van der Waals surface area contributed by atoms with E-state index in [-0.39, 0.29) is 35.6 Å². The zero-order chi connectivity index (χ0) is 23.1. The molecule has 2 aromatic rings. The number of benzene rings is 1. The van der Waals surface area contributed by atoms with E-state index in [2.05, 4.69) is 4.98 Å². The van der Waals surface area contributed by atoms with Crippen LogP contribution in [0.25, 0.3) is 0 Å². The molecule has 0 saturated heterocycles. The molecule has 7 nitrogen and oxygen atoms in total. The number of hydrogen-bond acceptors (Lipinski definition) is 7. The van der Waals surface area contributed by atoms with E-state index in [1.165, 1.54) is 26.3 Å². The molecule has 3 atom stereocenters. The van der Waals surface area contributed by atoms with E-state index in [0.717, 1.165) is 11.1 Å². The minimum Gasteiger partial charge on any atom is -0.493 e. The smallest absolute Gasteiger partial charge is 0.309 e. The second kappa shape index (κ2) is 10.7. The van der Waals surface area contributed by atoms with Crippen LogP contribution >= 0.6 is 0 Å². The fraction of sp³-hybridized carbons (Fsp3) is 0.417. The van der Waals surface area contributed by atoms with Gasteiger partial charge in [-0.2, -0.15) is 0 Å². The summed E-state index contributed by atoms with van der Waals surface area (Å²) >= 11 is 0. The number of rotatable bonds is 9. The number of pyridine rings is 1. The highest BCUT2D eigenvalue weighted by molar-refractivity contribution is 5.99. The minimum atomic E-state index is -0.697. The van der Waals surface area contributed by atoms with E-state index in [1.54, 1.807) is 6.92 Å². The Morgan fingerprint density at radius 3 is 2.35 bits per heavy atom. The van der Waals surface area contributed by atoms with Crippen LogP contribution in [-0.4, -0.2) is 35.9 Å². The van der Waals surface area contributed by atoms with Gasteiger partial charge in [0.25, 0.3) is 0 Å². The summed E-state index contributed by atoms with van der Waals surface area (Å²) in [4.78, 5) is 40.9. The van der Waals surface area contributed by atoms with Gasteiger partial charge in [-0.25, -0.2) is 4.98 Å². The third kappa shape index (κ3) is 6.13. The lowest BCUT2D eigenvalue weighted by molar-refractivity contribution is -0.153. The number of carbonyl (C=O) groups is 3. The molecule has 0 aliphatic carbocycles. The second-order valence-electron chi connectivity index (χ2n) is 7.60. The van der Waals surface area contributed by atoms with Crippen molar-refractivity contribution in [2.75, 3.05) is 7.11 Å². The maximum absolute atomic E-state index is 12.8. The van der Waals surface area contributed by atoms with Gasteiger partial charge < -0.3 is 14.2 Å². The molecule has 166 valence electrons. The zero-order valence-electron chi connectivity index (χ0n) is 18.8. The van der Waals surface area contributed by atoms with Gasteiger partial charge in [-0.15, -0.1) is 0 Å². The summed E-state index contributed by atoms with van der Waals surface area (Å²) in [6.45, 7) is 8.70. The standard InChI is InChI=1S/C24H29NO6/c1-14-9-7-8-10-19(14)16(3)17(4)30-24(28)15(2)13-20(27)22-23(31-18(5)26)21(29-6)11-12-25-22/h7-12,15-17H,13H2,1-6H3/t15-,16+,17-/m1/s1. The van der Waals surface area contributed by atoms with Gasteiger partial charge in [0.05, 0.1) is 13.0 Å². The molecule has 0 fully saturated rings. The highest BCUT2D eigenvalue weighted by Gasteiger charge is 2.27. The van der Waals surface area contributed by atoms with Crippen molar-refractivity contribution in [2.24, 2.45) is 5.92 Å². The fourth-order valence-corrected chi connectivity index (χ4v) is 3.24. The Balaban J connectivity index is 2.08. The molecule has 0 saturated carbocycles. The van der Waals surface area contributed by atoms with Crippen LogP contribution in [0.3, 0.4) is 0 Å². The van der Waals surface area contributed by atoms with E-state index < -0.39 is 23.6 Å². The third-order valence-corrected chi connectivity index (χ3v) is 5.18. The maximum atomic E-state index is 12.8. The lowest BCUT2D eigenvalue weighted by Crippen LogP contribution is -2.26. The molecule has 0 aliphatic heterocycles. The van der Waals surface area contributed by atoms with Gasteiger partial charge in [-0.1, -0.05) is 38.1 Å². The number of methoxy groups -OCH3 is 1. The van der Waals surface area contributed by atoms with Gasteiger partial charge in [-0.3, -0.25) is 14.4 Å². The largest absolute Gasteiger partial charge is 0.493 e. The van der Waals surface area contributed by atoms with Crippen LogP contribution in [0.1, 0.15) is 61.6 Å². The van der Waals surface area contributed by atoms with E-state index in [0.29, 0.717) is 0 Å². The third-order valence-electron chi connectivity index (χ3n) is 5.18. The molecule has 0 amide bonds. The molecule has 7 heteroatoms.